The van der Waals surface area contributed by atoms with Gasteiger partial charge in [-0.15, -0.1) is 0 Å². The Hall–Kier alpha value is -0.980. The van der Waals surface area contributed by atoms with Crippen molar-refractivity contribution >= 4 is 0 Å². The average Bonchev–Trinajstić information content (AvgIpc) is 2.25. The van der Waals surface area contributed by atoms with Crippen LogP contribution in [0.5, 0.6) is 5.75 Å². The number of hydrogen-bond acceptors (Lipinski definition) is 1. The summed E-state index contributed by atoms with van der Waals surface area (Å²) in [6, 6.07) is 10.0. The second-order valence-corrected chi connectivity index (χ2v) is 3.82. The predicted octanol–water partition coefficient (Wildman–Crippen LogP) is 3.89. The first kappa shape index (κ1) is 11.1. The third kappa shape index (κ3) is 4.31. The summed E-state index contributed by atoms with van der Waals surface area (Å²) >= 11 is 0. The van der Waals surface area contributed by atoms with E-state index in [0.717, 1.165) is 24.7 Å². The Morgan fingerprint density at radius 3 is 2.57 bits per heavy atom. The first-order valence-electron chi connectivity index (χ1n) is 5.50. The molecule has 0 amide bonds. The number of benzene rings is 1. The van der Waals surface area contributed by atoms with Gasteiger partial charge in [0.1, 0.15) is 5.75 Å². The smallest absolute Gasteiger partial charge is 0.119 e. The number of rotatable bonds is 6. The Balaban J connectivity index is 2.10. The van der Waals surface area contributed by atoms with Gasteiger partial charge in [-0.1, -0.05) is 38.5 Å². The quantitative estimate of drug-likeness (QED) is 0.621. The Morgan fingerprint density at radius 1 is 1.21 bits per heavy atom. The minimum atomic E-state index is 0.828. The van der Waals surface area contributed by atoms with Crippen molar-refractivity contribution in [3.63, 3.8) is 0 Å². The van der Waals surface area contributed by atoms with E-state index in [4.69, 9.17) is 4.74 Å². The molecular weight excluding hydrogens is 172 g/mol. The highest BCUT2D eigenvalue weighted by Crippen LogP contribution is 2.12. The fraction of sp³-hybridized carbons (Fsp3) is 0.538. The van der Waals surface area contributed by atoms with Crippen LogP contribution in [0.1, 0.15) is 33.1 Å². The van der Waals surface area contributed by atoms with Crippen LogP contribution in [-0.4, -0.2) is 6.61 Å². The summed E-state index contributed by atoms with van der Waals surface area (Å²) in [4.78, 5) is 0. The maximum Gasteiger partial charge on any atom is 0.119 e. The molecule has 14 heavy (non-hydrogen) atoms. The van der Waals surface area contributed by atoms with E-state index in [0.29, 0.717) is 0 Å². The monoisotopic (exact) mass is 192 g/mol. The number of ether oxygens (including phenoxy) is 1. The molecule has 0 bridgehead atoms. The highest BCUT2D eigenvalue weighted by molar-refractivity contribution is 5.20. The summed E-state index contributed by atoms with van der Waals surface area (Å²) in [5.41, 5.74) is 0. The summed E-state index contributed by atoms with van der Waals surface area (Å²) in [6.07, 6.45) is 3.69. The van der Waals surface area contributed by atoms with Gasteiger partial charge in [0.25, 0.3) is 0 Å². The molecule has 1 unspecified atom stereocenters. The Morgan fingerprint density at radius 2 is 1.93 bits per heavy atom. The van der Waals surface area contributed by atoms with E-state index in [-0.39, 0.29) is 0 Å². The predicted molar refractivity (Wildman–Crippen MR) is 60.6 cm³/mol. The van der Waals surface area contributed by atoms with E-state index < -0.39 is 0 Å². The molecule has 78 valence electrons. The maximum absolute atomic E-state index is 5.60. The zero-order chi connectivity index (χ0) is 10.2. The molecule has 1 nitrogen and oxygen atoms in total. The van der Waals surface area contributed by atoms with Crippen molar-refractivity contribution < 1.29 is 4.74 Å². The molecule has 0 aliphatic rings. The number of hydrogen-bond donors (Lipinski definition) is 0. The van der Waals surface area contributed by atoms with Crippen LogP contribution >= 0.6 is 0 Å². The second-order valence-electron chi connectivity index (χ2n) is 3.82. The molecule has 0 N–H and O–H groups in total. The van der Waals surface area contributed by atoms with E-state index in [1.807, 2.05) is 30.3 Å². The van der Waals surface area contributed by atoms with Crippen molar-refractivity contribution in [3.05, 3.63) is 30.3 Å². The van der Waals surface area contributed by atoms with Gasteiger partial charge in [0.15, 0.2) is 0 Å². The Labute approximate surface area is 87.1 Å². The lowest BCUT2D eigenvalue weighted by atomic mass is 10.0. The third-order valence-electron chi connectivity index (χ3n) is 2.55. The fourth-order valence-electron chi connectivity index (χ4n) is 1.34. The lowest BCUT2D eigenvalue weighted by Crippen LogP contribution is -2.00. The zero-order valence-electron chi connectivity index (χ0n) is 9.20. The van der Waals surface area contributed by atoms with E-state index in [1.54, 1.807) is 0 Å². The van der Waals surface area contributed by atoms with Crippen molar-refractivity contribution in [2.24, 2.45) is 5.92 Å². The molecule has 0 saturated carbocycles. The normalized spacial score (nSPS) is 12.4. The van der Waals surface area contributed by atoms with Crippen LogP contribution in [0.3, 0.4) is 0 Å². The Bertz CT molecular complexity index is 230. The molecule has 1 aromatic rings. The molecule has 1 heteroatoms. The zero-order valence-corrected chi connectivity index (χ0v) is 9.20. The molecule has 0 aliphatic heterocycles. The largest absolute Gasteiger partial charge is 0.494 e. The summed E-state index contributed by atoms with van der Waals surface area (Å²) in [7, 11) is 0. The average molecular weight is 192 g/mol. The van der Waals surface area contributed by atoms with Gasteiger partial charge in [0.05, 0.1) is 6.61 Å². The molecule has 1 atom stereocenters. The van der Waals surface area contributed by atoms with Crippen LogP contribution in [0.4, 0.5) is 0 Å². The van der Waals surface area contributed by atoms with Gasteiger partial charge in [0, 0.05) is 0 Å². The third-order valence-corrected chi connectivity index (χ3v) is 2.55. The maximum atomic E-state index is 5.60. The van der Waals surface area contributed by atoms with Crippen molar-refractivity contribution in [1.29, 1.82) is 0 Å². The van der Waals surface area contributed by atoms with Gasteiger partial charge in [0.2, 0.25) is 0 Å². The molecule has 0 saturated heterocycles. The molecule has 1 rings (SSSR count). The van der Waals surface area contributed by atoms with Gasteiger partial charge in [-0.2, -0.15) is 0 Å². The topological polar surface area (TPSA) is 9.23 Å². The van der Waals surface area contributed by atoms with Gasteiger partial charge >= 0.3 is 0 Å². The van der Waals surface area contributed by atoms with Gasteiger partial charge in [-0.25, -0.2) is 0 Å². The van der Waals surface area contributed by atoms with Crippen LogP contribution in [0, 0.1) is 5.92 Å². The SMILES string of the molecule is CCC(C)CCCOc1ccccc1. The van der Waals surface area contributed by atoms with E-state index in [9.17, 15) is 0 Å². The second kappa shape index (κ2) is 6.47. The van der Waals surface area contributed by atoms with E-state index in [1.165, 1.54) is 12.8 Å². The molecule has 0 spiro atoms. The lowest BCUT2D eigenvalue weighted by molar-refractivity contribution is 0.294. The van der Waals surface area contributed by atoms with E-state index >= 15 is 0 Å². The van der Waals surface area contributed by atoms with Crippen LogP contribution in [0.15, 0.2) is 30.3 Å². The molecule has 0 aliphatic carbocycles. The van der Waals surface area contributed by atoms with Crippen molar-refractivity contribution in [3.8, 4) is 5.75 Å². The van der Waals surface area contributed by atoms with Crippen molar-refractivity contribution in [2.75, 3.05) is 6.61 Å². The van der Waals surface area contributed by atoms with Crippen LogP contribution < -0.4 is 4.74 Å². The van der Waals surface area contributed by atoms with Crippen molar-refractivity contribution in [1.82, 2.24) is 0 Å². The summed E-state index contributed by atoms with van der Waals surface area (Å²) in [6.45, 7) is 5.37. The highest BCUT2D eigenvalue weighted by atomic mass is 16.5. The minimum absolute atomic E-state index is 0.828. The fourth-order valence-corrected chi connectivity index (χ4v) is 1.34. The number of para-hydroxylation sites is 1. The molecule has 0 heterocycles. The van der Waals surface area contributed by atoms with Crippen LogP contribution in [-0.2, 0) is 0 Å². The summed E-state index contributed by atoms with van der Waals surface area (Å²) in [5, 5.41) is 0. The minimum Gasteiger partial charge on any atom is -0.494 e. The highest BCUT2D eigenvalue weighted by Gasteiger charge is 1.98. The standard InChI is InChI=1S/C13H20O/c1-3-12(2)8-7-11-14-13-9-5-4-6-10-13/h4-6,9-10,12H,3,7-8,11H2,1-2H3. The van der Waals surface area contributed by atoms with Gasteiger partial charge in [-0.3, -0.25) is 0 Å². The first-order chi connectivity index (χ1) is 6.83. The lowest BCUT2D eigenvalue weighted by Gasteiger charge is -2.09. The van der Waals surface area contributed by atoms with Crippen LogP contribution in [0.25, 0.3) is 0 Å². The first-order valence-corrected chi connectivity index (χ1v) is 5.50. The Kier molecular flexibility index (Phi) is 5.13. The molecule has 1 aromatic carbocycles. The molecule has 0 fully saturated rings. The van der Waals surface area contributed by atoms with Gasteiger partial charge < -0.3 is 4.74 Å². The summed E-state index contributed by atoms with van der Waals surface area (Å²) < 4.78 is 5.60. The van der Waals surface area contributed by atoms with Crippen molar-refractivity contribution in [2.45, 2.75) is 33.1 Å². The molecule has 0 radical (unpaired) electrons. The molecular formula is C13H20O. The van der Waals surface area contributed by atoms with E-state index in [2.05, 4.69) is 13.8 Å². The van der Waals surface area contributed by atoms with Gasteiger partial charge in [-0.05, 0) is 30.9 Å². The molecule has 0 aromatic heterocycles. The van der Waals surface area contributed by atoms with Crippen LogP contribution in [0.2, 0.25) is 0 Å². The summed E-state index contributed by atoms with van der Waals surface area (Å²) in [5.74, 6) is 1.81.